The van der Waals surface area contributed by atoms with Gasteiger partial charge in [-0.2, -0.15) is 0 Å². The van der Waals surface area contributed by atoms with Crippen LogP contribution in [0.3, 0.4) is 0 Å². The van der Waals surface area contributed by atoms with Crippen molar-refractivity contribution in [1.82, 2.24) is 0 Å². The van der Waals surface area contributed by atoms with Gasteiger partial charge in [0.2, 0.25) is 0 Å². The zero-order valence-corrected chi connectivity index (χ0v) is 13.7. The van der Waals surface area contributed by atoms with Crippen molar-refractivity contribution in [3.63, 3.8) is 0 Å². The molecule has 112 valence electrons. The van der Waals surface area contributed by atoms with Crippen molar-refractivity contribution in [2.45, 2.75) is 31.4 Å². The van der Waals surface area contributed by atoms with Gasteiger partial charge in [0, 0.05) is 0 Å². The number of halogens is 1. The molecule has 0 aliphatic heterocycles. The van der Waals surface area contributed by atoms with E-state index in [1.807, 2.05) is 19.9 Å². The van der Waals surface area contributed by atoms with Gasteiger partial charge in [-0.05, 0) is 61.2 Å². The van der Waals surface area contributed by atoms with Crippen LogP contribution in [0.15, 0.2) is 35.2 Å². The van der Waals surface area contributed by atoms with Gasteiger partial charge in [0.1, 0.15) is 5.75 Å². The molecule has 0 spiro atoms. The largest absolute Gasteiger partial charge is 0.506 e. The van der Waals surface area contributed by atoms with Crippen molar-refractivity contribution < 1.29 is 13.5 Å². The molecule has 0 aromatic heterocycles. The first-order valence-electron chi connectivity index (χ1n) is 6.49. The second-order valence-electron chi connectivity index (χ2n) is 5.25. The lowest BCUT2D eigenvalue weighted by Gasteiger charge is -2.11. The van der Waals surface area contributed by atoms with Crippen LogP contribution in [0.25, 0.3) is 0 Å². The van der Waals surface area contributed by atoms with Gasteiger partial charge < -0.3 is 5.11 Å². The van der Waals surface area contributed by atoms with E-state index in [-0.39, 0.29) is 16.5 Å². The molecule has 0 aliphatic carbocycles. The first-order chi connectivity index (χ1) is 9.70. The molecule has 5 heteroatoms. The Morgan fingerprint density at radius 2 is 1.62 bits per heavy atom. The van der Waals surface area contributed by atoms with Crippen LogP contribution in [0.4, 0.5) is 0 Å². The zero-order valence-electron chi connectivity index (χ0n) is 12.1. The van der Waals surface area contributed by atoms with Gasteiger partial charge in [-0.1, -0.05) is 23.7 Å². The van der Waals surface area contributed by atoms with Gasteiger partial charge in [0.15, 0.2) is 9.84 Å². The molecule has 0 aliphatic rings. The van der Waals surface area contributed by atoms with Crippen LogP contribution in [0.1, 0.15) is 22.3 Å². The molecule has 0 amide bonds. The minimum atomic E-state index is -3.45. The number of rotatable bonds is 3. The van der Waals surface area contributed by atoms with E-state index in [1.165, 1.54) is 12.1 Å². The minimum Gasteiger partial charge on any atom is -0.506 e. The molecule has 21 heavy (non-hydrogen) atoms. The summed E-state index contributed by atoms with van der Waals surface area (Å²) in [5, 5.41) is 9.54. The molecule has 0 heterocycles. The number of hydrogen-bond acceptors (Lipinski definition) is 3. The normalized spacial score (nSPS) is 11.6. The maximum absolute atomic E-state index is 12.6. The predicted molar refractivity (Wildman–Crippen MR) is 84.7 cm³/mol. The van der Waals surface area contributed by atoms with E-state index in [2.05, 4.69) is 0 Å². The first kappa shape index (κ1) is 15.9. The van der Waals surface area contributed by atoms with E-state index in [1.54, 1.807) is 19.1 Å². The van der Waals surface area contributed by atoms with Crippen LogP contribution >= 0.6 is 11.6 Å². The van der Waals surface area contributed by atoms with Crippen molar-refractivity contribution in [2.24, 2.45) is 0 Å². The standard InChI is InChI=1S/C16H17ClO3S/c1-10-6-12(3)16(7-11(10)2)21(19,20)9-13-4-5-15(18)14(17)8-13/h4-8,18H,9H2,1-3H3. The highest BCUT2D eigenvalue weighted by molar-refractivity contribution is 7.90. The van der Waals surface area contributed by atoms with Crippen LogP contribution < -0.4 is 0 Å². The van der Waals surface area contributed by atoms with Gasteiger partial charge in [0.25, 0.3) is 0 Å². The fourth-order valence-corrected chi connectivity index (χ4v) is 4.09. The summed E-state index contributed by atoms with van der Waals surface area (Å²) in [6, 6.07) is 8.04. The third-order valence-corrected chi connectivity index (χ3v) is 5.62. The fraction of sp³-hybridized carbons (Fsp3) is 0.250. The lowest BCUT2D eigenvalue weighted by atomic mass is 10.1. The molecule has 0 radical (unpaired) electrons. The monoisotopic (exact) mass is 324 g/mol. The maximum atomic E-state index is 12.6. The number of aromatic hydroxyl groups is 1. The second kappa shape index (κ2) is 5.70. The number of hydrogen-bond donors (Lipinski definition) is 1. The quantitative estimate of drug-likeness (QED) is 0.930. The summed E-state index contributed by atoms with van der Waals surface area (Å²) in [6.07, 6.45) is 0. The zero-order chi connectivity index (χ0) is 15.8. The third kappa shape index (κ3) is 3.39. The molecule has 2 aromatic rings. The van der Waals surface area contributed by atoms with Gasteiger partial charge in [-0.25, -0.2) is 8.42 Å². The molecular formula is C16H17ClO3S. The fourth-order valence-electron chi connectivity index (χ4n) is 2.21. The van der Waals surface area contributed by atoms with Gasteiger partial charge >= 0.3 is 0 Å². The molecular weight excluding hydrogens is 308 g/mol. The molecule has 2 rings (SSSR count). The van der Waals surface area contributed by atoms with E-state index in [0.29, 0.717) is 10.5 Å². The summed E-state index contributed by atoms with van der Waals surface area (Å²) < 4.78 is 25.2. The summed E-state index contributed by atoms with van der Waals surface area (Å²) in [5.74, 6) is -0.198. The van der Waals surface area contributed by atoms with Crippen molar-refractivity contribution >= 4 is 21.4 Å². The number of phenols is 1. The topological polar surface area (TPSA) is 54.4 Å². The minimum absolute atomic E-state index is 0.0554. The van der Waals surface area contributed by atoms with E-state index >= 15 is 0 Å². The SMILES string of the molecule is Cc1cc(C)c(S(=O)(=O)Cc2ccc(O)c(Cl)c2)cc1C. The predicted octanol–water partition coefficient (Wildman–Crippen LogP) is 3.94. The number of phenolic OH excluding ortho intramolecular Hbond substituents is 1. The Hall–Kier alpha value is -1.52. The number of benzene rings is 2. The number of sulfone groups is 1. The molecule has 3 nitrogen and oxygen atoms in total. The van der Waals surface area contributed by atoms with Crippen LogP contribution in [0.5, 0.6) is 5.75 Å². The van der Waals surface area contributed by atoms with Gasteiger partial charge in [-0.3, -0.25) is 0 Å². The summed E-state index contributed by atoms with van der Waals surface area (Å²) in [4.78, 5) is 0.342. The van der Waals surface area contributed by atoms with Gasteiger partial charge in [-0.15, -0.1) is 0 Å². The number of aryl methyl sites for hydroxylation is 3. The Kier molecular flexibility index (Phi) is 4.30. The van der Waals surface area contributed by atoms with Crippen molar-refractivity contribution in [1.29, 1.82) is 0 Å². The molecule has 0 atom stereocenters. The van der Waals surface area contributed by atoms with Crippen LogP contribution in [0.2, 0.25) is 5.02 Å². The lowest BCUT2D eigenvalue weighted by molar-refractivity contribution is 0.475. The Morgan fingerprint density at radius 1 is 1.00 bits per heavy atom. The van der Waals surface area contributed by atoms with Crippen LogP contribution in [-0.4, -0.2) is 13.5 Å². The Bertz CT molecular complexity index is 795. The molecule has 2 aromatic carbocycles. The Morgan fingerprint density at radius 3 is 2.24 bits per heavy atom. The van der Waals surface area contributed by atoms with Crippen LogP contribution in [0, 0.1) is 20.8 Å². The second-order valence-corrected chi connectivity index (χ2v) is 7.61. The molecule has 1 N–H and O–H groups in total. The summed E-state index contributed by atoms with van der Waals surface area (Å²) >= 11 is 5.82. The molecule has 0 unspecified atom stereocenters. The van der Waals surface area contributed by atoms with Gasteiger partial charge in [0.05, 0.1) is 15.7 Å². The van der Waals surface area contributed by atoms with Crippen LogP contribution in [-0.2, 0) is 15.6 Å². The Labute approximate surface area is 130 Å². The molecule has 0 saturated heterocycles. The highest BCUT2D eigenvalue weighted by atomic mass is 35.5. The summed E-state index contributed by atoms with van der Waals surface area (Å²) in [5.41, 5.74) is 3.31. The highest BCUT2D eigenvalue weighted by Crippen LogP contribution is 2.27. The summed E-state index contributed by atoms with van der Waals surface area (Å²) in [6.45, 7) is 5.65. The lowest BCUT2D eigenvalue weighted by Crippen LogP contribution is -2.08. The maximum Gasteiger partial charge on any atom is 0.182 e. The molecule has 0 bridgehead atoms. The van der Waals surface area contributed by atoms with Crippen molar-refractivity contribution in [2.75, 3.05) is 0 Å². The smallest absolute Gasteiger partial charge is 0.182 e. The molecule has 0 saturated carbocycles. The average molecular weight is 325 g/mol. The van der Waals surface area contributed by atoms with E-state index in [0.717, 1.165) is 16.7 Å². The van der Waals surface area contributed by atoms with E-state index in [4.69, 9.17) is 11.6 Å². The summed E-state index contributed by atoms with van der Waals surface area (Å²) in [7, 11) is -3.45. The Balaban J connectivity index is 2.43. The average Bonchev–Trinajstić information content (AvgIpc) is 2.37. The third-order valence-electron chi connectivity index (χ3n) is 3.50. The van der Waals surface area contributed by atoms with Crippen molar-refractivity contribution in [3.05, 3.63) is 57.6 Å². The first-order valence-corrected chi connectivity index (χ1v) is 8.52. The van der Waals surface area contributed by atoms with Crippen molar-refractivity contribution in [3.8, 4) is 5.75 Å². The molecule has 0 fully saturated rings. The highest BCUT2D eigenvalue weighted by Gasteiger charge is 2.19. The van der Waals surface area contributed by atoms with E-state index < -0.39 is 9.84 Å². The van der Waals surface area contributed by atoms with E-state index in [9.17, 15) is 13.5 Å².